The maximum atomic E-state index is 12.0. The van der Waals surface area contributed by atoms with E-state index in [1.807, 2.05) is 6.92 Å². The highest BCUT2D eigenvalue weighted by molar-refractivity contribution is 8.45. The summed E-state index contributed by atoms with van der Waals surface area (Å²) in [6.45, 7) is 2.07. The Balaban J connectivity index is 1.97. The van der Waals surface area contributed by atoms with Crippen LogP contribution in [0.15, 0.2) is 22.8 Å². The molecule has 9 heteroatoms. The van der Waals surface area contributed by atoms with Gasteiger partial charge < -0.3 is 9.47 Å². The van der Waals surface area contributed by atoms with E-state index in [0.29, 0.717) is 15.9 Å². The molecule has 2 aliphatic heterocycles. The van der Waals surface area contributed by atoms with Crippen LogP contribution in [0.3, 0.4) is 0 Å². The molecule has 120 valence electrons. The van der Waals surface area contributed by atoms with Crippen molar-refractivity contribution in [2.75, 3.05) is 12.5 Å². The number of nitrogens with zero attached hydrogens (tertiary/aromatic N) is 2. The van der Waals surface area contributed by atoms with Crippen molar-refractivity contribution in [3.63, 3.8) is 0 Å². The molecule has 2 aliphatic rings. The lowest BCUT2D eigenvalue weighted by Gasteiger charge is -2.01. The predicted molar refractivity (Wildman–Crippen MR) is 90.0 cm³/mol. The van der Waals surface area contributed by atoms with Gasteiger partial charge in [-0.25, -0.2) is 4.99 Å². The third kappa shape index (κ3) is 3.35. The molecular weight excluding hydrogens is 340 g/mol. The number of ether oxygens (including phenoxy) is 2. The molecule has 1 aromatic carbocycles. The molecule has 0 radical (unpaired) electrons. The molecule has 0 N–H and O–H groups in total. The van der Waals surface area contributed by atoms with Crippen LogP contribution in [0.2, 0.25) is 0 Å². The van der Waals surface area contributed by atoms with Crippen LogP contribution in [0.4, 0.5) is 5.69 Å². The van der Waals surface area contributed by atoms with Gasteiger partial charge in [-0.1, -0.05) is 18.7 Å². The highest BCUT2D eigenvalue weighted by Gasteiger charge is 2.26. The average Bonchev–Trinajstić information content (AvgIpc) is 3.10. The van der Waals surface area contributed by atoms with E-state index in [9.17, 15) is 14.9 Å². The minimum atomic E-state index is -0.516. The fourth-order valence-electron chi connectivity index (χ4n) is 2.01. The molecule has 0 amide bonds. The summed E-state index contributed by atoms with van der Waals surface area (Å²) in [6, 6.07) is 2.80. The zero-order chi connectivity index (χ0) is 16.4. The summed E-state index contributed by atoms with van der Waals surface area (Å²) in [7, 11) is 0. The molecular formula is C14H12N2O5S2. The van der Waals surface area contributed by atoms with Crippen molar-refractivity contribution in [2.24, 2.45) is 4.99 Å². The number of hydrogen-bond acceptors (Lipinski definition) is 8. The lowest BCUT2D eigenvalue weighted by atomic mass is 10.1. The number of thioether (sulfide) groups is 2. The molecule has 0 fully saturated rings. The monoisotopic (exact) mass is 352 g/mol. The first kappa shape index (κ1) is 15.9. The Morgan fingerprint density at radius 1 is 1.43 bits per heavy atom. The van der Waals surface area contributed by atoms with Crippen molar-refractivity contribution in [1.29, 1.82) is 0 Å². The molecule has 0 saturated carbocycles. The fraction of sp³-hybridized carbons (Fsp3) is 0.286. The lowest BCUT2D eigenvalue weighted by Crippen LogP contribution is -1.94. The van der Waals surface area contributed by atoms with Crippen LogP contribution in [-0.2, 0) is 4.79 Å². The van der Waals surface area contributed by atoms with Crippen molar-refractivity contribution < 1.29 is 19.2 Å². The summed E-state index contributed by atoms with van der Waals surface area (Å²) in [5.74, 6) is 1.62. The van der Waals surface area contributed by atoms with E-state index in [1.54, 1.807) is 0 Å². The van der Waals surface area contributed by atoms with Gasteiger partial charge in [0.05, 0.1) is 16.6 Å². The molecule has 2 heterocycles. The molecule has 0 unspecified atom stereocenters. The van der Waals surface area contributed by atoms with Gasteiger partial charge in [-0.2, -0.15) is 0 Å². The van der Waals surface area contributed by atoms with Crippen molar-refractivity contribution in [3.8, 4) is 11.5 Å². The standard InChI is InChI=1S/C14H12N2O5S2/c1-2-3-22-14-15-9(13(17)23-14)4-8-5-11-12(21-7-20-11)6-10(8)16(18)19/h4-6H,2-3,7H2,1H3/b9-4+. The number of rotatable bonds is 4. The second-order valence-corrected chi connectivity index (χ2v) is 6.97. The Labute approximate surface area is 140 Å². The van der Waals surface area contributed by atoms with E-state index in [2.05, 4.69) is 4.99 Å². The van der Waals surface area contributed by atoms with Gasteiger partial charge in [0.2, 0.25) is 11.9 Å². The second-order valence-electron chi connectivity index (χ2n) is 4.67. The Bertz CT molecular complexity index is 745. The number of nitro benzene ring substituents is 1. The topological polar surface area (TPSA) is 91.0 Å². The van der Waals surface area contributed by atoms with Gasteiger partial charge in [0, 0.05) is 0 Å². The normalized spacial score (nSPS) is 17.7. The highest BCUT2D eigenvalue weighted by Crippen LogP contribution is 2.40. The van der Waals surface area contributed by atoms with Gasteiger partial charge in [-0.05, 0) is 36.1 Å². The second kappa shape index (κ2) is 6.63. The quantitative estimate of drug-likeness (QED) is 0.466. The van der Waals surface area contributed by atoms with E-state index in [1.165, 1.54) is 30.0 Å². The molecule has 23 heavy (non-hydrogen) atoms. The van der Waals surface area contributed by atoms with Gasteiger partial charge in [-0.3, -0.25) is 14.9 Å². The maximum absolute atomic E-state index is 12.0. The first-order chi connectivity index (χ1) is 11.1. The molecule has 3 rings (SSSR count). The number of hydrogen-bond donors (Lipinski definition) is 0. The van der Waals surface area contributed by atoms with Crippen LogP contribution in [0, 0.1) is 10.1 Å². The summed E-state index contributed by atoms with van der Waals surface area (Å²) in [6.07, 6.45) is 2.40. The Kier molecular flexibility index (Phi) is 4.58. The minimum absolute atomic E-state index is 0.0251. The van der Waals surface area contributed by atoms with E-state index < -0.39 is 4.92 Å². The maximum Gasteiger partial charge on any atom is 0.280 e. The van der Waals surface area contributed by atoms with Gasteiger partial charge >= 0.3 is 0 Å². The van der Waals surface area contributed by atoms with Crippen LogP contribution in [-0.4, -0.2) is 27.0 Å². The van der Waals surface area contributed by atoms with Crippen molar-refractivity contribution >= 4 is 44.8 Å². The number of benzene rings is 1. The largest absolute Gasteiger partial charge is 0.454 e. The summed E-state index contributed by atoms with van der Waals surface area (Å²) in [5, 5.41) is 11.0. The molecule has 1 aromatic rings. The Morgan fingerprint density at radius 2 is 2.17 bits per heavy atom. The summed E-state index contributed by atoms with van der Waals surface area (Å²) in [4.78, 5) is 27.0. The van der Waals surface area contributed by atoms with E-state index in [4.69, 9.17) is 9.47 Å². The van der Waals surface area contributed by atoms with Crippen LogP contribution < -0.4 is 9.47 Å². The first-order valence-corrected chi connectivity index (χ1v) is 8.62. The van der Waals surface area contributed by atoms with Gasteiger partial charge in [0.15, 0.2) is 11.5 Å². The van der Waals surface area contributed by atoms with Crippen LogP contribution >= 0.6 is 23.5 Å². The highest BCUT2D eigenvalue weighted by atomic mass is 32.2. The Hall–Kier alpha value is -2.00. The van der Waals surface area contributed by atoms with Crippen LogP contribution in [0.1, 0.15) is 18.9 Å². The summed E-state index contributed by atoms with van der Waals surface area (Å²) < 4.78 is 11.1. The van der Waals surface area contributed by atoms with Crippen LogP contribution in [0.25, 0.3) is 6.08 Å². The van der Waals surface area contributed by atoms with E-state index >= 15 is 0 Å². The van der Waals surface area contributed by atoms with E-state index in [0.717, 1.165) is 23.9 Å². The van der Waals surface area contributed by atoms with Crippen molar-refractivity contribution in [1.82, 2.24) is 0 Å². The predicted octanol–water partition coefficient (Wildman–Crippen LogP) is 3.44. The fourth-order valence-corrected chi connectivity index (χ4v) is 3.77. The average molecular weight is 352 g/mol. The number of fused-ring (bicyclic) bond motifs is 1. The van der Waals surface area contributed by atoms with Crippen LogP contribution in [0.5, 0.6) is 11.5 Å². The molecule has 7 nitrogen and oxygen atoms in total. The number of carbonyl (C=O) groups excluding carboxylic acids is 1. The SMILES string of the molecule is CCCSC1=N/C(=C/c2cc3c(cc2[N+](=O)[O-])OCO3)C(=O)S1. The molecule has 0 bridgehead atoms. The van der Waals surface area contributed by atoms with Crippen molar-refractivity contribution in [2.45, 2.75) is 13.3 Å². The molecule has 0 aliphatic carbocycles. The van der Waals surface area contributed by atoms with Crippen molar-refractivity contribution in [3.05, 3.63) is 33.5 Å². The zero-order valence-corrected chi connectivity index (χ0v) is 13.7. The lowest BCUT2D eigenvalue weighted by molar-refractivity contribution is -0.385. The van der Waals surface area contributed by atoms with Gasteiger partial charge in [0.25, 0.3) is 5.69 Å². The number of nitro groups is 1. The third-order valence-electron chi connectivity index (χ3n) is 3.04. The summed E-state index contributed by atoms with van der Waals surface area (Å²) >= 11 is 2.56. The Morgan fingerprint density at radius 3 is 2.87 bits per heavy atom. The molecule has 0 spiro atoms. The van der Waals surface area contributed by atoms with Gasteiger partial charge in [-0.15, -0.1) is 0 Å². The third-order valence-corrected chi connectivity index (χ3v) is 5.26. The smallest absolute Gasteiger partial charge is 0.280 e. The summed E-state index contributed by atoms with van der Waals surface area (Å²) in [5.41, 5.74) is 0.327. The molecule has 0 saturated heterocycles. The minimum Gasteiger partial charge on any atom is -0.454 e. The van der Waals surface area contributed by atoms with Gasteiger partial charge in [0.1, 0.15) is 10.1 Å². The van der Waals surface area contributed by atoms with E-state index in [-0.39, 0.29) is 28.9 Å². The number of aliphatic imine (C=N–C) groups is 1. The molecule has 0 atom stereocenters. The number of carbonyl (C=O) groups is 1. The first-order valence-electron chi connectivity index (χ1n) is 6.82. The zero-order valence-electron chi connectivity index (χ0n) is 12.1. The molecule has 0 aromatic heterocycles.